The van der Waals surface area contributed by atoms with Crippen molar-refractivity contribution in [3.63, 3.8) is 0 Å². The Morgan fingerprint density at radius 3 is 2.53 bits per heavy atom. The van der Waals surface area contributed by atoms with E-state index in [2.05, 4.69) is 52.3 Å². The van der Waals surface area contributed by atoms with E-state index in [4.69, 9.17) is 9.47 Å². The molecule has 1 aromatic carbocycles. The van der Waals surface area contributed by atoms with Crippen molar-refractivity contribution in [1.82, 2.24) is 0 Å². The molecular formula is C14H15BrO2. The smallest absolute Gasteiger partial charge is 0.194 e. The van der Waals surface area contributed by atoms with Crippen LogP contribution in [0.15, 0.2) is 40.9 Å². The Kier molecular flexibility index (Phi) is 3.07. The van der Waals surface area contributed by atoms with Gasteiger partial charge in [-0.1, -0.05) is 34.1 Å². The zero-order valence-electron chi connectivity index (χ0n) is 9.56. The molecule has 0 aromatic heterocycles. The Hall–Kier alpha value is -0.640. The molecule has 90 valence electrons. The van der Waals surface area contributed by atoms with Crippen LogP contribution >= 0.6 is 15.9 Å². The topological polar surface area (TPSA) is 18.5 Å². The summed E-state index contributed by atoms with van der Waals surface area (Å²) in [5, 5.41) is 0. The van der Waals surface area contributed by atoms with Gasteiger partial charge in [0.25, 0.3) is 0 Å². The molecule has 1 fully saturated rings. The second-order valence-corrected chi connectivity index (χ2v) is 5.42. The van der Waals surface area contributed by atoms with E-state index >= 15 is 0 Å². The summed E-state index contributed by atoms with van der Waals surface area (Å²) in [7, 11) is 0. The highest BCUT2D eigenvalue weighted by atomic mass is 79.9. The standard InChI is InChI=1S/C14H15BrO2/c15-12-6-4-11(5-7-12)13-3-1-2-8-14(13)16-9-10-17-14/h2,4-8,13H,1,3,9-10H2. The van der Waals surface area contributed by atoms with Crippen LogP contribution < -0.4 is 0 Å². The Morgan fingerprint density at radius 1 is 1.12 bits per heavy atom. The van der Waals surface area contributed by atoms with Gasteiger partial charge in [0.2, 0.25) is 0 Å². The van der Waals surface area contributed by atoms with Gasteiger partial charge < -0.3 is 9.47 Å². The SMILES string of the molecule is Brc1ccc(C2CCC=CC23OCCO3)cc1. The third-order valence-electron chi connectivity index (χ3n) is 3.47. The molecule has 1 heterocycles. The fourth-order valence-electron chi connectivity index (χ4n) is 2.66. The average Bonchev–Trinajstić information content (AvgIpc) is 2.80. The lowest BCUT2D eigenvalue weighted by Gasteiger charge is -2.36. The molecule has 17 heavy (non-hydrogen) atoms. The second kappa shape index (κ2) is 4.56. The lowest BCUT2D eigenvalue weighted by molar-refractivity contribution is -0.139. The van der Waals surface area contributed by atoms with Crippen molar-refractivity contribution in [3.05, 3.63) is 46.5 Å². The highest BCUT2D eigenvalue weighted by Gasteiger charge is 2.44. The van der Waals surface area contributed by atoms with Crippen LogP contribution in [0, 0.1) is 0 Å². The van der Waals surface area contributed by atoms with Gasteiger partial charge in [0.1, 0.15) is 0 Å². The van der Waals surface area contributed by atoms with Gasteiger partial charge in [-0.2, -0.15) is 0 Å². The molecule has 1 aliphatic heterocycles. The molecular weight excluding hydrogens is 280 g/mol. The first kappa shape index (κ1) is 11.5. The zero-order valence-corrected chi connectivity index (χ0v) is 11.2. The van der Waals surface area contributed by atoms with Gasteiger partial charge in [-0.3, -0.25) is 0 Å². The Bertz CT molecular complexity index is 418. The van der Waals surface area contributed by atoms with Crippen molar-refractivity contribution in [1.29, 1.82) is 0 Å². The summed E-state index contributed by atoms with van der Waals surface area (Å²) in [6.45, 7) is 1.38. The van der Waals surface area contributed by atoms with Crippen molar-refractivity contribution < 1.29 is 9.47 Å². The predicted octanol–water partition coefficient (Wildman–Crippen LogP) is 3.63. The maximum Gasteiger partial charge on any atom is 0.194 e. The highest BCUT2D eigenvalue weighted by molar-refractivity contribution is 9.10. The Labute approximate surface area is 110 Å². The minimum Gasteiger partial charge on any atom is -0.343 e. The van der Waals surface area contributed by atoms with E-state index in [1.165, 1.54) is 5.56 Å². The zero-order chi connectivity index (χ0) is 11.7. The number of halogens is 1. The van der Waals surface area contributed by atoms with Crippen molar-refractivity contribution in [2.45, 2.75) is 24.5 Å². The van der Waals surface area contributed by atoms with E-state index in [0.717, 1.165) is 17.3 Å². The Balaban J connectivity index is 1.95. The summed E-state index contributed by atoms with van der Waals surface area (Å²) < 4.78 is 12.8. The third kappa shape index (κ3) is 2.07. The van der Waals surface area contributed by atoms with Crippen LogP contribution in [0.25, 0.3) is 0 Å². The van der Waals surface area contributed by atoms with E-state index in [1.54, 1.807) is 0 Å². The fourth-order valence-corrected chi connectivity index (χ4v) is 2.93. The first-order valence-corrected chi connectivity index (χ1v) is 6.80. The summed E-state index contributed by atoms with van der Waals surface area (Å²) in [4.78, 5) is 0. The molecule has 2 nitrogen and oxygen atoms in total. The Morgan fingerprint density at radius 2 is 1.82 bits per heavy atom. The minimum atomic E-state index is -0.508. The van der Waals surface area contributed by atoms with Crippen LogP contribution in [0.2, 0.25) is 0 Å². The van der Waals surface area contributed by atoms with Crippen LogP contribution in [0.4, 0.5) is 0 Å². The monoisotopic (exact) mass is 294 g/mol. The maximum atomic E-state index is 5.86. The van der Waals surface area contributed by atoms with Gasteiger partial charge in [-0.25, -0.2) is 0 Å². The van der Waals surface area contributed by atoms with Crippen LogP contribution in [0.5, 0.6) is 0 Å². The van der Waals surface area contributed by atoms with Crippen LogP contribution in [0.3, 0.4) is 0 Å². The number of hydrogen-bond acceptors (Lipinski definition) is 2. The molecule has 3 heteroatoms. The molecule has 1 atom stereocenters. The molecule has 0 amide bonds. The lowest BCUT2D eigenvalue weighted by atomic mass is 9.83. The van der Waals surface area contributed by atoms with Crippen molar-refractivity contribution in [3.8, 4) is 0 Å². The van der Waals surface area contributed by atoms with Gasteiger partial charge in [-0.05, 0) is 36.6 Å². The first-order valence-electron chi connectivity index (χ1n) is 6.01. The van der Waals surface area contributed by atoms with Crippen LogP contribution in [0.1, 0.15) is 24.3 Å². The van der Waals surface area contributed by atoms with E-state index < -0.39 is 5.79 Å². The maximum absolute atomic E-state index is 5.86. The molecule has 0 bridgehead atoms. The van der Waals surface area contributed by atoms with Crippen molar-refractivity contribution in [2.75, 3.05) is 13.2 Å². The third-order valence-corrected chi connectivity index (χ3v) is 4.00. The van der Waals surface area contributed by atoms with Gasteiger partial charge in [0.05, 0.1) is 13.2 Å². The minimum absolute atomic E-state index is 0.308. The number of benzene rings is 1. The van der Waals surface area contributed by atoms with Crippen LogP contribution in [-0.2, 0) is 9.47 Å². The van der Waals surface area contributed by atoms with E-state index in [-0.39, 0.29) is 0 Å². The summed E-state index contributed by atoms with van der Waals surface area (Å²) >= 11 is 3.47. The number of hydrogen-bond donors (Lipinski definition) is 0. The fraction of sp³-hybridized carbons (Fsp3) is 0.429. The summed E-state index contributed by atoms with van der Waals surface area (Å²) in [5.41, 5.74) is 1.29. The van der Waals surface area contributed by atoms with Gasteiger partial charge in [0.15, 0.2) is 5.79 Å². The number of ether oxygens (including phenoxy) is 2. The molecule has 1 aliphatic carbocycles. The number of rotatable bonds is 1. The molecule has 1 spiro atoms. The second-order valence-electron chi connectivity index (χ2n) is 4.50. The predicted molar refractivity (Wildman–Crippen MR) is 69.9 cm³/mol. The van der Waals surface area contributed by atoms with Crippen molar-refractivity contribution in [2.24, 2.45) is 0 Å². The largest absolute Gasteiger partial charge is 0.343 e. The van der Waals surface area contributed by atoms with Crippen molar-refractivity contribution >= 4 is 15.9 Å². The molecule has 1 unspecified atom stereocenters. The van der Waals surface area contributed by atoms with E-state index in [0.29, 0.717) is 19.1 Å². The summed E-state index contributed by atoms with van der Waals surface area (Å²) in [6, 6.07) is 8.47. The van der Waals surface area contributed by atoms with E-state index in [1.807, 2.05) is 0 Å². The highest BCUT2D eigenvalue weighted by Crippen LogP contribution is 2.43. The summed E-state index contributed by atoms with van der Waals surface area (Å²) in [6.07, 6.45) is 6.43. The van der Waals surface area contributed by atoms with Gasteiger partial charge >= 0.3 is 0 Å². The first-order chi connectivity index (χ1) is 8.30. The molecule has 2 aliphatic rings. The van der Waals surface area contributed by atoms with Gasteiger partial charge in [0, 0.05) is 10.4 Å². The molecule has 3 rings (SSSR count). The van der Waals surface area contributed by atoms with Crippen LogP contribution in [-0.4, -0.2) is 19.0 Å². The van der Waals surface area contributed by atoms with Gasteiger partial charge in [-0.15, -0.1) is 0 Å². The number of allylic oxidation sites excluding steroid dienone is 1. The molecule has 1 saturated heterocycles. The lowest BCUT2D eigenvalue weighted by Crippen LogP contribution is -2.37. The molecule has 0 radical (unpaired) electrons. The van der Waals surface area contributed by atoms with E-state index in [9.17, 15) is 0 Å². The molecule has 1 aromatic rings. The quantitative estimate of drug-likeness (QED) is 0.737. The summed E-state index contributed by atoms with van der Waals surface area (Å²) in [5.74, 6) is -0.199. The molecule has 0 N–H and O–H groups in total. The normalized spacial score (nSPS) is 26.5. The average molecular weight is 295 g/mol. The molecule has 0 saturated carbocycles.